The minimum Gasteiger partial charge on any atom is -0.493 e. The first-order chi connectivity index (χ1) is 13.1. The molecule has 0 unspecified atom stereocenters. The normalized spacial score (nSPS) is 10.3. The van der Waals surface area contributed by atoms with Crippen LogP contribution in [0.15, 0.2) is 47.1 Å². The molecule has 0 aliphatic rings. The summed E-state index contributed by atoms with van der Waals surface area (Å²) in [5, 5.41) is 5.92. The van der Waals surface area contributed by atoms with Crippen molar-refractivity contribution in [3.05, 3.63) is 59.9 Å². The smallest absolute Gasteiger partial charge is 0.270 e. The number of hydrogen-bond donors (Lipinski definition) is 2. The maximum absolute atomic E-state index is 12.4. The van der Waals surface area contributed by atoms with Gasteiger partial charge in [0, 0.05) is 17.8 Å². The summed E-state index contributed by atoms with van der Waals surface area (Å²) in [5.41, 5.74) is 1.00. The predicted octanol–water partition coefficient (Wildman–Crippen LogP) is 3.07. The molecule has 1 aromatic carbocycles. The number of aromatic nitrogens is 2. The zero-order valence-electron chi connectivity index (χ0n) is 15.3. The van der Waals surface area contributed by atoms with E-state index in [1.54, 1.807) is 57.7 Å². The molecule has 3 aromatic rings. The fraction of sp³-hybridized carbons (Fsp3) is 0.211. The second-order valence-corrected chi connectivity index (χ2v) is 5.64. The second kappa shape index (κ2) is 8.22. The Morgan fingerprint density at radius 3 is 2.63 bits per heavy atom. The van der Waals surface area contributed by atoms with Gasteiger partial charge < -0.3 is 24.5 Å². The molecule has 0 radical (unpaired) electrons. The number of amides is 1. The summed E-state index contributed by atoms with van der Waals surface area (Å²) < 4.78 is 15.7. The molecule has 0 aliphatic heterocycles. The first-order valence-corrected chi connectivity index (χ1v) is 8.24. The predicted molar refractivity (Wildman–Crippen MR) is 99.5 cm³/mol. The molecule has 1 amide bonds. The summed E-state index contributed by atoms with van der Waals surface area (Å²) in [7, 11) is 3.14. The van der Waals surface area contributed by atoms with Crippen LogP contribution in [0.25, 0.3) is 0 Å². The zero-order chi connectivity index (χ0) is 19.2. The van der Waals surface area contributed by atoms with E-state index < -0.39 is 0 Å². The molecule has 0 aliphatic carbocycles. The largest absolute Gasteiger partial charge is 0.493 e. The maximum atomic E-state index is 12.4. The average molecular weight is 368 g/mol. The van der Waals surface area contributed by atoms with Crippen molar-refractivity contribution in [2.24, 2.45) is 0 Å². The third-order valence-electron chi connectivity index (χ3n) is 3.73. The van der Waals surface area contributed by atoms with E-state index in [-0.39, 0.29) is 18.1 Å². The van der Waals surface area contributed by atoms with Crippen LogP contribution in [0.2, 0.25) is 0 Å². The molecule has 27 heavy (non-hydrogen) atoms. The van der Waals surface area contributed by atoms with Gasteiger partial charge in [0.15, 0.2) is 11.5 Å². The van der Waals surface area contributed by atoms with Crippen molar-refractivity contribution in [1.29, 1.82) is 0 Å². The van der Waals surface area contributed by atoms with Crippen LogP contribution >= 0.6 is 0 Å². The molecule has 2 heterocycles. The highest BCUT2D eigenvalue weighted by Crippen LogP contribution is 2.30. The number of hydrogen-bond acceptors (Lipinski definition) is 7. The van der Waals surface area contributed by atoms with Crippen LogP contribution in [0, 0.1) is 6.92 Å². The molecular formula is C19H20N4O4. The number of anilines is 2. The third-order valence-corrected chi connectivity index (χ3v) is 3.73. The molecule has 3 rings (SSSR count). The van der Waals surface area contributed by atoms with Crippen molar-refractivity contribution in [2.75, 3.05) is 19.5 Å². The Bertz CT molecular complexity index is 925. The minimum atomic E-state index is -0.313. The van der Waals surface area contributed by atoms with Crippen LogP contribution in [0.5, 0.6) is 11.5 Å². The fourth-order valence-corrected chi connectivity index (χ4v) is 2.48. The highest BCUT2D eigenvalue weighted by atomic mass is 16.5. The van der Waals surface area contributed by atoms with Crippen LogP contribution in [0.3, 0.4) is 0 Å². The van der Waals surface area contributed by atoms with Gasteiger partial charge in [-0.05, 0) is 31.2 Å². The Balaban J connectivity index is 1.75. The van der Waals surface area contributed by atoms with Crippen molar-refractivity contribution in [3.8, 4) is 11.5 Å². The number of nitrogens with one attached hydrogen (secondary N) is 2. The molecule has 0 spiro atoms. The van der Waals surface area contributed by atoms with Crippen LogP contribution in [0.1, 0.15) is 22.1 Å². The lowest BCUT2D eigenvalue weighted by Gasteiger charge is -2.12. The Hall–Kier alpha value is -3.55. The number of aryl methyl sites for hydroxylation is 1. The van der Waals surface area contributed by atoms with Crippen molar-refractivity contribution in [2.45, 2.75) is 13.5 Å². The lowest BCUT2D eigenvalue weighted by molar-refractivity contribution is 0.0942. The fourth-order valence-electron chi connectivity index (χ4n) is 2.48. The van der Waals surface area contributed by atoms with Gasteiger partial charge in [-0.3, -0.25) is 4.79 Å². The van der Waals surface area contributed by atoms with Crippen molar-refractivity contribution in [1.82, 2.24) is 15.3 Å². The van der Waals surface area contributed by atoms with Crippen molar-refractivity contribution in [3.63, 3.8) is 0 Å². The summed E-state index contributed by atoms with van der Waals surface area (Å²) in [5.74, 6) is 2.54. The van der Waals surface area contributed by atoms with Gasteiger partial charge in [0.1, 0.15) is 23.1 Å². The highest BCUT2D eigenvalue weighted by Gasteiger charge is 2.12. The number of benzene rings is 1. The topological polar surface area (TPSA) is 98.5 Å². The molecule has 8 nitrogen and oxygen atoms in total. The van der Waals surface area contributed by atoms with E-state index in [0.717, 1.165) is 5.69 Å². The molecule has 0 saturated heterocycles. The molecule has 0 bridgehead atoms. The van der Waals surface area contributed by atoms with Gasteiger partial charge in [0.2, 0.25) is 0 Å². The van der Waals surface area contributed by atoms with E-state index in [1.165, 1.54) is 0 Å². The number of nitrogens with zero attached hydrogens (tertiary/aromatic N) is 2. The van der Waals surface area contributed by atoms with E-state index in [0.29, 0.717) is 28.9 Å². The minimum absolute atomic E-state index is 0.261. The number of furan rings is 1. The second-order valence-electron chi connectivity index (χ2n) is 5.64. The van der Waals surface area contributed by atoms with Gasteiger partial charge in [-0.1, -0.05) is 0 Å². The van der Waals surface area contributed by atoms with Crippen molar-refractivity contribution < 1.29 is 18.7 Å². The van der Waals surface area contributed by atoms with Gasteiger partial charge in [-0.15, -0.1) is 0 Å². The standard InChI is InChI=1S/C19H20N4O4/c1-12-21-15(19(24)20-11-14-5-4-8-27-14)10-18(22-12)23-13-6-7-16(25-2)17(9-13)26-3/h4-10H,11H2,1-3H3,(H,20,24)(H,21,22,23). The van der Waals surface area contributed by atoms with Gasteiger partial charge >= 0.3 is 0 Å². The summed E-state index contributed by atoms with van der Waals surface area (Å²) in [6.07, 6.45) is 1.56. The molecule has 2 N–H and O–H groups in total. The highest BCUT2D eigenvalue weighted by molar-refractivity contribution is 5.93. The van der Waals surface area contributed by atoms with Gasteiger partial charge in [-0.25, -0.2) is 9.97 Å². The lowest BCUT2D eigenvalue weighted by Crippen LogP contribution is -2.24. The first kappa shape index (κ1) is 18.2. The number of ether oxygens (including phenoxy) is 2. The van der Waals surface area contributed by atoms with E-state index >= 15 is 0 Å². The quantitative estimate of drug-likeness (QED) is 0.661. The average Bonchev–Trinajstić information content (AvgIpc) is 3.19. The Kier molecular flexibility index (Phi) is 5.55. The third kappa shape index (κ3) is 4.55. The molecule has 140 valence electrons. The van der Waals surface area contributed by atoms with Gasteiger partial charge in [0.25, 0.3) is 5.91 Å². The SMILES string of the molecule is COc1ccc(Nc2cc(C(=O)NCc3ccco3)nc(C)n2)cc1OC. The number of carbonyl (C=O) groups excluding carboxylic acids is 1. The Labute approximate surface area is 156 Å². The van der Waals surface area contributed by atoms with E-state index in [1.807, 2.05) is 6.07 Å². The van der Waals surface area contributed by atoms with Crippen molar-refractivity contribution >= 4 is 17.4 Å². The maximum Gasteiger partial charge on any atom is 0.270 e. The molecule has 2 aromatic heterocycles. The van der Waals surface area contributed by atoms with Crippen LogP contribution in [0.4, 0.5) is 11.5 Å². The monoisotopic (exact) mass is 368 g/mol. The van der Waals surface area contributed by atoms with Crippen LogP contribution in [-0.2, 0) is 6.54 Å². The summed E-state index contributed by atoms with van der Waals surface area (Å²) >= 11 is 0. The Morgan fingerprint density at radius 1 is 1.11 bits per heavy atom. The molecule has 8 heteroatoms. The lowest BCUT2D eigenvalue weighted by atomic mass is 10.2. The number of carbonyl (C=O) groups is 1. The first-order valence-electron chi connectivity index (χ1n) is 8.24. The summed E-state index contributed by atoms with van der Waals surface area (Å²) in [6.45, 7) is 2.01. The van der Waals surface area contributed by atoms with Gasteiger partial charge in [-0.2, -0.15) is 0 Å². The Morgan fingerprint density at radius 2 is 1.93 bits per heavy atom. The number of rotatable bonds is 7. The molecular weight excluding hydrogens is 348 g/mol. The number of methoxy groups -OCH3 is 2. The van der Waals surface area contributed by atoms with Gasteiger partial charge in [0.05, 0.1) is 27.0 Å². The molecule has 0 atom stereocenters. The molecule has 0 fully saturated rings. The van der Waals surface area contributed by atoms with Crippen LogP contribution in [-0.4, -0.2) is 30.1 Å². The van der Waals surface area contributed by atoms with E-state index in [2.05, 4.69) is 20.6 Å². The summed E-state index contributed by atoms with van der Waals surface area (Å²) in [4.78, 5) is 20.9. The van der Waals surface area contributed by atoms with E-state index in [9.17, 15) is 4.79 Å². The molecule has 0 saturated carbocycles. The van der Waals surface area contributed by atoms with Crippen LogP contribution < -0.4 is 20.1 Å². The zero-order valence-corrected chi connectivity index (χ0v) is 15.3. The summed E-state index contributed by atoms with van der Waals surface area (Å²) in [6, 6.07) is 10.5. The van der Waals surface area contributed by atoms with E-state index in [4.69, 9.17) is 13.9 Å².